The minimum atomic E-state index is -0.0193. The highest BCUT2D eigenvalue weighted by atomic mass is 35.5. The normalized spacial score (nSPS) is 15.6. The first-order valence-electron chi connectivity index (χ1n) is 8.27. The maximum Gasteiger partial charge on any atom is 0.243 e. The van der Waals surface area contributed by atoms with Gasteiger partial charge in [-0.3, -0.25) is 4.79 Å². The van der Waals surface area contributed by atoms with Crippen LogP contribution in [0.4, 0.5) is 0 Å². The highest BCUT2D eigenvalue weighted by molar-refractivity contribution is 6.29. The molecule has 0 bridgehead atoms. The summed E-state index contributed by atoms with van der Waals surface area (Å²) in [7, 11) is 7.31. The zero-order valence-electron chi connectivity index (χ0n) is 14.9. The van der Waals surface area contributed by atoms with Crippen LogP contribution in [0.2, 0.25) is 5.15 Å². The van der Waals surface area contributed by atoms with Crippen LogP contribution in [0, 0.1) is 0 Å². The van der Waals surface area contributed by atoms with E-state index < -0.39 is 0 Å². The number of halogens is 1. The molecule has 1 aromatic heterocycles. The summed E-state index contributed by atoms with van der Waals surface area (Å²) in [5, 5.41) is 4.09. The quantitative estimate of drug-likeness (QED) is 0.642. The van der Waals surface area contributed by atoms with Gasteiger partial charge in [-0.2, -0.15) is 0 Å². The van der Waals surface area contributed by atoms with Crippen LogP contribution in [0.25, 0.3) is 0 Å². The van der Waals surface area contributed by atoms with Gasteiger partial charge >= 0.3 is 0 Å². The van der Waals surface area contributed by atoms with E-state index in [0.717, 1.165) is 24.6 Å². The van der Waals surface area contributed by atoms with Gasteiger partial charge in [0.15, 0.2) is 5.96 Å². The molecule has 2 rings (SSSR count). The first-order chi connectivity index (χ1) is 11.4. The molecule has 1 aliphatic carbocycles. The molecule has 7 nitrogen and oxygen atoms in total. The van der Waals surface area contributed by atoms with Gasteiger partial charge in [0.1, 0.15) is 17.5 Å². The van der Waals surface area contributed by atoms with E-state index in [1.165, 1.54) is 12.8 Å². The lowest BCUT2D eigenvalue weighted by Crippen LogP contribution is -2.44. The second-order valence-corrected chi connectivity index (χ2v) is 6.85. The standard InChI is InChI=1S/C16H27ClN6O/c1-21(2)15(24)10-19-16(20-12-7-5-6-8-12)22(3)11-14-18-9-13(17)23(14)4/h9,12H,5-8,10-11H2,1-4H3,(H,19,20). The van der Waals surface area contributed by atoms with Crippen LogP contribution in [-0.4, -0.2) is 64.9 Å². The maximum absolute atomic E-state index is 11.9. The molecule has 0 saturated heterocycles. The number of amides is 1. The molecule has 0 aromatic carbocycles. The lowest BCUT2D eigenvalue weighted by atomic mass is 10.2. The average molecular weight is 355 g/mol. The van der Waals surface area contributed by atoms with Gasteiger partial charge in [-0.15, -0.1) is 0 Å². The van der Waals surface area contributed by atoms with E-state index in [0.29, 0.717) is 17.7 Å². The fourth-order valence-electron chi connectivity index (χ4n) is 2.67. The Morgan fingerprint density at radius 1 is 1.42 bits per heavy atom. The Hall–Kier alpha value is -1.76. The number of hydrogen-bond donors (Lipinski definition) is 1. The van der Waals surface area contributed by atoms with Crippen LogP contribution in [0.3, 0.4) is 0 Å². The van der Waals surface area contributed by atoms with Crippen LogP contribution < -0.4 is 5.32 Å². The summed E-state index contributed by atoms with van der Waals surface area (Å²) >= 11 is 6.05. The predicted molar refractivity (Wildman–Crippen MR) is 96.1 cm³/mol. The molecule has 1 amide bonds. The highest BCUT2D eigenvalue weighted by Gasteiger charge is 2.19. The van der Waals surface area contributed by atoms with Crippen molar-refractivity contribution in [1.82, 2.24) is 24.7 Å². The van der Waals surface area contributed by atoms with E-state index in [1.807, 2.05) is 23.6 Å². The molecule has 24 heavy (non-hydrogen) atoms. The summed E-state index contributed by atoms with van der Waals surface area (Å²) in [6, 6.07) is 0.422. The van der Waals surface area contributed by atoms with E-state index >= 15 is 0 Å². The van der Waals surface area contributed by atoms with E-state index in [2.05, 4.69) is 15.3 Å². The Kier molecular flexibility index (Phi) is 6.48. The van der Waals surface area contributed by atoms with E-state index in [9.17, 15) is 4.79 Å². The zero-order chi connectivity index (χ0) is 17.7. The SMILES string of the molecule is CN(C)C(=O)CN=C(NC1CCCC1)N(C)Cc1ncc(Cl)n1C. The van der Waals surface area contributed by atoms with Gasteiger partial charge in [0.2, 0.25) is 5.91 Å². The fourth-order valence-corrected chi connectivity index (χ4v) is 2.82. The summed E-state index contributed by atoms with van der Waals surface area (Å²) in [6.07, 6.45) is 6.40. The molecule has 0 unspecified atom stereocenters. The van der Waals surface area contributed by atoms with Crippen molar-refractivity contribution >= 4 is 23.5 Å². The second-order valence-electron chi connectivity index (χ2n) is 6.47. The number of hydrogen-bond acceptors (Lipinski definition) is 3. The molecule has 0 aliphatic heterocycles. The topological polar surface area (TPSA) is 65.8 Å². The van der Waals surface area contributed by atoms with Crippen molar-refractivity contribution in [3.05, 3.63) is 17.2 Å². The number of nitrogens with zero attached hydrogens (tertiary/aromatic N) is 5. The van der Waals surface area contributed by atoms with Crippen molar-refractivity contribution in [3.63, 3.8) is 0 Å². The van der Waals surface area contributed by atoms with Gasteiger partial charge in [-0.1, -0.05) is 24.4 Å². The maximum atomic E-state index is 11.9. The fraction of sp³-hybridized carbons (Fsp3) is 0.688. The number of likely N-dealkylation sites (N-methyl/N-ethyl adjacent to an activating group) is 1. The van der Waals surface area contributed by atoms with E-state index in [4.69, 9.17) is 11.6 Å². The third-order valence-corrected chi connectivity index (χ3v) is 4.67. The van der Waals surface area contributed by atoms with Crippen molar-refractivity contribution < 1.29 is 4.79 Å². The molecule has 8 heteroatoms. The predicted octanol–water partition coefficient (Wildman–Crippen LogP) is 1.48. The Morgan fingerprint density at radius 2 is 2.08 bits per heavy atom. The van der Waals surface area contributed by atoms with Crippen molar-refractivity contribution in [3.8, 4) is 0 Å². The Bertz CT molecular complexity index is 591. The number of nitrogens with one attached hydrogen (secondary N) is 1. The van der Waals surface area contributed by atoms with Crippen molar-refractivity contribution in [2.75, 3.05) is 27.7 Å². The number of carbonyl (C=O) groups excluding carboxylic acids is 1. The number of guanidine groups is 1. The Morgan fingerprint density at radius 3 is 2.62 bits per heavy atom. The molecule has 0 radical (unpaired) electrons. The van der Waals surface area contributed by atoms with Crippen LogP contribution in [0.5, 0.6) is 0 Å². The molecule has 134 valence electrons. The van der Waals surface area contributed by atoms with Crippen LogP contribution in [0.1, 0.15) is 31.5 Å². The lowest BCUT2D eigenvalue weighted by Gasteiger charge is -2.25. The molecule has 1 heterocycles. The van der Waals surface area contributed by atoms with Gasteiger partial charge in [0, 0.05) is 34.2 Å². The van der Waals surface area contributed by atoms with Crippen molar-refractivity contribution in [1.29, 1.82) is 0 Å². The third kappa shape index (κ3) is 4.87. The second kappa shape index (κ2) is 8.37. The van der Waals surface area contributed by atoms with Crippen LogP contribution >= 0.6 is 11.6 Å². The summed E-state index contributed by atoms with van der Waals surface area (Å²) in [6.45, 7) is 0.700. The molecule has 0 spiro atoms. The van der Waals surface area contributed by atoms with Crippen molar-refractivity contribution in [2.45, 2.75) is 38.3 Å². The van der Waals surface area contributed by atoms with Crippen LogP contribution in [0.15, 0.2) is 11.2 Å². The van der Waals surface area contributed by atoms with Gasteiger partial charge < -0.3 is 19.7 Å². The minimum Gasteiger partial charge on any atom is -0.353 e. The number of carbonyl (C=O) groups is 1. The minimum absolute atomic E-state index is 0.0193. The Labute approximate surface area is 148 Å². The monoisotopic (exact) mass is 354 g/mol. The van der Waals surface area contributed by atoms with E-state index in [-0.39, 0.29) is 12.5 Å². The molecule has 1 fully saturated rings. The number of aliphatic imine (C=N–C) groups is 1. The van der Waals surface area contributed by atoms with E-state index in [1.54, 1.807) is 25.2 Å². The highest BCUT2D eigenvalue weighted by Crippen LogP contribution is 2.18. The average Bonchev–Trinajstić information content (AvgIpc) is 3.16. The number of rotatable bonds is 5. The molecule has 0 atom stereocenters. The molecular weight excluding hydrogens is 328 g/mol. The summed E-state index contributed by atoms with van der Waals surface area (Å²) in [4.78, 5) is 24.2. The zero-order valence-corrected chi connectivity index (χ0v) is 15.7. The molecule has 1 aliphatic rings. The number of imidazole rings is 1. The molecular formula is C16H27ClN6O. The van der Waals surface area contributed by atoms with Crippen LogP contribution in [-0.2, 0) is 18.4 Å². The van der Waals surface area contributed by atoms with Gasteiger partial charge in [-0.05, 0) is 12.8 Å². The summed E-state index contributed by atoms with van der Waals surface area (Å²) in [5.74, 6) is 1.56. The first kappa shape index (κ1) is 18.6. The van der Waals surface area contributed by atoms with Gasteiger partial charge in [-0.25, -0.2) is 9.98 Å². The van der Waals surface area contributed by atoms with Gasteiger partial charge in [0.25, 0.3) is 0 Å². The van der Waals surface area contributed by atoms with Crippen molar-refractivity contribution in [2.24, 2.45) is 12.0 Å². The summed E-state index contributed by atoms with van der Waals surface area (Å²) < 4.78 is 1.84. The molecule has 1 aromatic rings. The Balaban J connectivity index is 2.08. The smallest absolute Gasteiger partial charge is 0.243 e. The third-order valence-electron chi connectivity index (χ3n) is 4.32. The molecule has 1 saturated carbocycles. The first-order valence-corrected chi connectivity index (χ1v) is 8.64. The largest absolute Gasteiger partial charge is 0.353 e. The molecule has 1 N–H and O–H groups in total. The number of aromatic nitrogens is 2. The lowest BCUT2D eigenvalue weighted by molar-refractivity contribution is -0.127. The van der Waals surface area contributed by atoms with Gasteiger partial charge in [0.05, 0.1) is 12.7 Å². The summed E-state index contributed by atoms with van der Waals surface area (Å²) in [5.41, 5.74) is 0.